The SMILES string of the molecule is CC(C)n1[nH]c2nccnc2c1=O. The average Bonchev–Trinajstić information content (AvgIpc) is 2.45. The number of hydrogen-bond acceptors (Lipinski definition) is 3. The van der Waals surface area contributed by atoms with Crippen LogP contribution in [-0.2, 0) is 0 Å². The molecule has 0 aliphatic carbocycles. The van der Waals surface area contributed by atoms with Crippen LogP contribution in [0.1, 0.15) is 19.9 Å². The van der Waals surface area contributed by atoms with Gasteiger partial charge in [0.25, 0.3) is 5.56 Å². The second-order valence-corrected chi connectivity index (χ2v) is 3.13. The van der Waals surface area contributed by atoms with Crippen LogP contribution in [0.4, 0.5) is 0 Å². The van der Waals surface area contributed by atoms with Gasteiger partial charge >= 0.3 is 0 Å². The number of fused-ring (bicyclic) bond motifs is 1. The van der Waals surface area contributed by atoms with E-state index in [4.69, 9.17) is 0 Å². The molecule has 68 valence electrons. The van der Waals surface area contributed by atoms with Crippen LogP contribution in [0.5, 0.6) is 0 Å². The molecule has 0 radical (unpaired) electrons. The molecule has 0 spiro atoms. The number of nitrogens with zero attached hydrogens (tertiary/aromatic N) is 3. The molecule has 5 nitrogen and oxygen atoms in total. The molecule has 0 bridgehead atoms. The van der Waals surface area contributed by atoms with E-state index >= 15 is 0 Å². The maximum atomic E-state index is 11.6. The Labute approximate surface area is 74.4 Å². The van der Waals surface area contributed by atoms with Crippen LogP contribution < -0.4 is 5.56 Å². The lowest BCUT2D eigenvalue weighted by Crippen LogP contribution is -2.18. The van der Waals surface area contributed by atoms with Crippen molar-refractivity contribution in [3.8, 4) is 0 Å². The largest absolute Gasteiger partial charge is 0.294 e. The summed E-state index contributed by atoms with van der Waals surface area (Å²) in [5, 5.41) is 2.89. The highest BCUT2D eigenvalue weighted by Gasteiger charge is 2.09. The molecule has 0 amide bonds. The first-order valence-electron chi connectivity index (χ1n) is 4.11. The molecular formula is C8H10N4O. The summed E-state index contributed by atoms with van der Waals surface area (Å²) >= 11 is 0. The zero-order chi connectivity index (χ0) is 9.42. The summed E-state index contributed by atoms with van der Waals surface area (Å²) in [6.07, 6.45) is 3.07. The van der Waals surface area contributed by atoms with Crippen molar-refractivity contribution in [3.63, 3.8) is 0 Å². The molecule has 1 N–H and O–H groups in total. The fourth-order valence-electron chi connectivity index (χ4n) is 1.22. The van der Waals surface area contributed by atoms with Crippen molar-refractivity contribution in [3.05, 3.63) is 22.7 Å². The van der Waals surface area contributed by atoms with Gasteiger partial charge in [-0.3, -0.25) is 9.89 Å². The molecule has 2 heterocycles. The summed E-state index contributed by atoms with van der Waals surface area (Å²) < 4.78 is 1.52. The lowest BCUT2D eigenvalue weighted by Gasteiger charge is -2.02. The minimum atomic E-state index is -0.113. The maximum absolute atomic E-state index is 11.6. The highest BCUT2D eigenvalue weighted by atomic mass is 16.1. The van der Waals surface area contributed by atoms with Gasteiger partial charge in [-0.2, -0.15) is 0 Å². The fourth-order valence-corrected chi connectivity index (χ4v) is 1.22. The third-order valence-corrected chi connectivity index (χ3v) is 1.86. The molecule has 0 saturated heterocycles. The van der Waals surface area contributed by atoms with Crippen LogP contribution >= 0.6 is 0 Å². The van der Waals surface area contributed by atoms with Crippen molar-refractivity contribution in [2.45, 2.75) is 19.9 Å². The number of H-pyrrole nitrogens is 1. The lowest BCUT2D eigenvalue weighted by atomic mass is 10.4. The van der Waals surface area contributed by atoms with E-state index < -0.39 is 0 Å². The number of aromatic amines is 1. The minimum Gasteiger partial charge on any atom is -0.277 e. The number of aromatic nitrogens is 4. The third-order valence-electron chi connectivity index (χ3n) is 1.86. The van der Waals surface area contributed by atoms with Crippen LogP contribution in [0.3, 0.4) is 0 Å². The monoisotopic (exact) mass is 178 g/mol. The van der Waals surface area contributed by atoms with Crippen molar-refractivity contribution in [2.75, 3.05) is 0 Å². The topological polar surface area (TPSA) is 63.6 Å². The zero-order valence-electron chi connectivity index (χ0n) is 7.48. The number of rotatable bonds is 1. The predicted octanol–water partition coefficient (Wildman–Crippen LogP) is 0.700. The summed E-state index contributed by atoms with van der Waals surface area (Å²) in [5.41, 5.74) is 0.829. The van der Waals surface area contributed by atoms with Gasteiger partial charge in [-0.05, 0) is 13.8 Å². The van der Waals surface area contributed by atoms with E-state index in [1.165, 1.54) is 10.9 Å². The molecule has 5 heteroatoms. The summed E-state index contributed by atoms with van der Waals surface area (Å²) in [6.45, 7) is 3.85. The molecule has 0 aromatic carbocycles. The molecule has 0 saturated carbocycles. The Morgan fingerprint density at radius 2 is 2.08 bits per heavy atom. The van der Waals surface area contributed by atoms with Crippen molar-refractivity contribution in [1.29, 1.82) is 0 Å². The van der Waals surface area contributed by atoms with Crippen molar-refractivity contribution >= 4 is 11.2 Å². The van der Waals surface area contributed by atoms with Crippen LogP contribution in [-0.4, -0.2) is 19.7 Å². The van der Waals surface area contributed by atoms with Crippen LogP contribution in [0.15, 0.2) is 17.2 Å². The summed E-state index contributed by atoms with van der Waals surface area (Å²) in [5.74, 6) is 0. The van der Waals surface area contributed by atoms with Gasteiger partial charge in [0, 0.05) is 18.4 Å². The van der Waals surface area contributed by atoms with Gasteiger partial charge in [0.05, 0.1) is 0 Å². The summed E-state index contributed by atoms with van der Waals surface area (Å²) in [4.78, 5) is 19.6. The Bertz CT molecular complexity index is 482. The van der Waals surface area contributed by atoms with E-state index in [1.54, 1.807) is 6.20 Å². The van der Waals surface area contributed by atoms with E-state index in [-0.39, 0.29) is 11.6 Å². The minimum absolute atomic E-state index is 0.100. The van der Waals surface area contributed by atoms with E-state index in [0.29, 0.717) is 11.2 Å². The van der Waals surface area contributed by atoms with Crippen molar-refractivity contribution in [1.82, 2.24) is 19.7 Å². The van der Waals surface area contributed by atoms with Gasteiger partial charge in [0.1, 0.15) is 0 Å². The Morgan fingerprint density at radius 3 is 2.69 bits per heavy atom. The van der Waals surface area contributed by atoms with E-state index in [0.717, 1.165) is 0 Å². The standard InChI is InChI=1S/C8H10N4O/c1-5(2)12-8(13)6-7(11-12)10-4-3-9-6/h3-5H,1-2H3,(H,10,11). The Balaban J connectivity index is 2.82. The smallest absolute Gasteiger partial charge is 0.277 e. The van der Waals surface area contributed by atoms with Gasteiger partial charge in [0.2, 0.25) is 0 Å². The van der Waals surface area contributed by atoms with Gasteiger partial charge in [-0.15, -0.1) is 0 Å². The maximum Gasteiger partial charge on any atom is 0.294 e. The van der Waals surface area contributed by atoms with Crippen LogP contribution in [0.25, 0.3) is 11.2 Å². The Morgan fingerprint density at radius 1 is 1.38 bits per heavy atom. The van der Waals surface area contributed by atoms with E-state index in [2.05, 4.69) is 15.1 Å². The van der Waals surface area contributed by atoms with Crippen molar-refractivity contribution in [2.24, 2.45) is 0 Å². The van der Waals surface area contributed by atoms with E-state index in [9.17, 15) is 4.79 Å². The van der Waals surface area contributed by atoms with Gasteiger partial charge in [-0.1, -0.05) is 0 Å². The molecular weight excluding hydrogens is 168 g/mol. The first-order valence-corrected chi connectivity index (χ1v) is 4.11. The summed E-state index contributed by atoms with van der Waals surface area (Å²) in [7, 11) is 0. The van der Waals surface area contributed by atoms with Crippen LogP contribution in [0, 0.1) is 0 Å². The molecule has 0 atom stereocenters. The third kappa shape index (κ3) is 1.12. The second-order valence-electron chi connectivity index (χ2n) is 3.13. The van der Waals surface area contributed by atoms with E-state index in [1.807, 2.05) is 13.8 Å². The first kappa shape index (κ1) is 7.97. The Hall–Kier alpha value is -1.65. The fraction of sp³-hybridized carbons (Fsp3) is 0.375. The highest BCUT2D eigenvalue weighted by molar-refractivity contribution is 5.67. The highest BCUT2D eigenvalue weighted by Crippen LogP contribution is 2.03. The van der Waals surface area contributed by atoms with Gasteiger partial charge in [0.15, 0.2) is 11.2 Å². The van der Waals surface area contributed by atoms with Crippen molar-refractivity contribution < 1.29 is 0 Å². The second kappa shape index (κ2) is 2.69. The summed E-state index contributed by atoms with van der Waals surface area (Å²) in [6, 6.07) is 0.100. The average molecular weight is 178 g/mol. The molecule has 2 aromatic rings. The molecule has 0 aliphatic rings. The first-order chi connectivity index (χ1) is 6.20. The lowest BCUT2D eigenvalue weighted by molar-refractivity contribution is 0.521. The van der Waals surface area contributed by atoms with Gasteiger partial charge < -0.3 is 0 Å². The van der Waals surface area contributed by atoms with Gasteiger partial charge in [-0.25, -0.2) is 14.6 Å². The Kier molecular flexibility index (Phi) is 1.65. The van der Waals surface area contributed by atoms with Crippen LogP contribution in [0.2, 0.25) is 0 Å². The molecule has 2 rings (SSSR count). The number of nitrogens with one attached hydrogen (secondary N) is 1. The molecule has 0 fully saturated rings. The zero-order valence-corrected chi connectivity index (χ0v) is 7.48. The molecule has 2 aromatic heterocycles. The molecule has 13 heavy (non-hydrogen) atoms. The normalized spacial score (nSPS) is 11.3. The predicted molar refractivity (Wildman–Crippen MR) is 48.5 cm³/mol. The molecule has 0 aliphatic heterocycles. The number of hydrogen-bond donors (Lipinski definition) is 1. The molecule has 0 unspecified atom stereocenters. The quantitative estimate of drug-likeness (QED) is 0.699.